The van der Waals surface area contributed by atoms with Gasteiger partial charge in [0.15, 0.2) is 11.9 Å². The van der Waals surface area contributed by atoms with Crippen molar-refractivity contribution >= 4 is 23.3 Å². The minimum atomic E-state index is -0.932. The van der Waals surface area contributed by atoms with Gasteiger partial charge in [0.05, 0.1) is 6.42 Å². The van der Waals surface area contributed by atoms with E-state index in [4.69, 9.17) is 4.74 Å². The predicted octanol–water partition coefficient (Wildman–Crippen LogP) is 3.53. The van der Waals surface area contributed by atoms with Crippen LogP contribution >= 0.6 is 0 Å². The highest BCUT2D eigenvalue weighted by atomic mass is 16.5. The van der Waals surface area contributed by atoms with Crippen LogP contribution in [0.2, 0.25) is 0 Å². The number of anilines is 1. The summed E-state index contributed by atoms with van der Waals surface area (Å²) in [6.07, 6.45) is -0.941. The zero-order chi connectivity index (χ0) is 18.2. The van der Waals surface area contributed by atoms with E-state index < -0.39 is 18.0 Å². The Hall–Kier alpha value is -2.95. The van der Waals surface area contributed by atoms with E-state index in [0.29, 0.717) is 11.3 Å². The Kier molecular flexibility index (Phi) is 6.46. The number of amides is 1. The summed E-state index contributed by atoms with van der Waals surface area (Å²) >= 11 is 0. The highest BCUT2D eigenvalue weighted by molar-refractivity contribution is 5.98. The minimum absolute atomic E-state index is 0.0506. The number of ether oxygens (including phenoxy) is 1. The van der Waals surface area contributed by atoms with Crippen LogP contribution in [0.5, 0.6) is 0 Å². The second-order valence-corrected chi connectivity index (χ2v) is 5.73. The highest BCUT2D eigenvalue weighted by Gasteiger charge is 2.19. The number of ketones is 1. The smallest absolute Gasteiger partial charge is 0.307 e. The Balaban J connectivity index is 1.80. The average molecular weight is 339 g/mol. The monoisotopic (exact) mass is 339 g/mol. The third-order valence-corrected chi connectivity index (χ3v) is 3.73. The van der Waals surface area contributed by atoms with E-state index in [-0.39, 0.29) is 18.6 Å². The van der Waals surface area contributed by atoms with Crippen LogP contribution < -0.4 is 5.32 Å². The molecule has 1 N–H and O–H groups in total. The first kappa shape index (κ1) is 18.4. The molecule has 0 aliphatic rings. The van der Waals surface area contributed by atoms with Gasteiger partial charge in [-0.3, -0.25) is 14.4 Å². The SMILES string of the molecule is Cc1ccccc1NC(=O)[C@H](C)OC(=O)CCC(=O)c1ccccc1. The number of hydrogen-bond acceptors (Lipinski definition) is 4. The average Bonchev–Trinajstić information content (AvgIpc) is 2.62. The number of benzene rings is 2. The van der Waals surface area contributed by atoms with E-state index in [1.54, 1.807) is 30.3 Å². The van der Waals surface area contributed by atoms with Gasteiger partial charge < -0.3 is 10.1 Å². The highest BCUT2D eigenvalue weighted by Crippen LogP contribution is 2.14. The summed E-state index contributed by atoms with van der Waals surface area (Å²) in [6, 6.07) is 16.1. The molecule has 1 atom stereocenters. The van der Waals surface area contributed by atoms with E-state index in [0.717, 1.165) is 5.56 Å². The second-order valence-electron chi connectivity index (χ2n) is 5.73. The lowest BCUT2D eigenvalue weighted by Gasteiger charge is -2.14. The number of carbonyl (C=O) groups excluding carboxylic acids is 3. The Morgan fingerprint density at radius 1 is 0.960 bits per heavy atom. The van der Waals surface area contributed by atoms with Crippen molar-refractivity contribution in [1.82, 2.24) is 0 Å². The van der Waals surface area contributed by atoms with Gasteiger partial charge >= 0.3 is 5.97 Å². The number of carbonyl (C=O) groups is 3. The Morgan fingerprint density at radius 2 is 1.60 bits per heavy atom. The lowest BCUT2D eigenvalue weighted by molar-refractivity contribution is -0.153. The Morgan fingerprint density at radius 3 is 2.28 bits per heavy atom. The summed E-state index contributed by atoms with van der Waals surface area (Å²) < 4.78 is 5.11. The summed E-state index contributed by atoms with van der Waals surface area (Å²) in [5, 5.41) is 2.72. The molecule has 2 aromatic rings. The molecule has 0 spiro atoms. The molecule has 5 nitrogen and oxygen atoms in total. The van der Waals surface area contributed by atoms with Crippen LogP contribution in [0, 0.1) is 6.92 Å². The summed E-state index contributed by atoms with van der Waals surface area (Å²) in [5.41, 5.74) is 2.15. The first-order chi connectivity index (χ1) is 12.0. The molecule has 2 aromatic carbocycles. The molecular weight excluding hydrogens is 318 g/mol. The first-order valence-corrected chi connectivity index (χ1v) is 8.11. The summed E-state index contributed by atoms with van der Waals surface area (Å²) in [6.45, 7) is 3.38. The lowest BCUT2D eigenvalue weighted by Crippen LogP contribution is -2.30. The fourth-order valence-electron chi connectivity index (χ4n) is 2.24. The Labute approximate surface area is 147 Å². The number of para-hydroxylation sites is 1. The number of aryl methyl sites for hydroxylation is 1. The molecule has 0 heterocycles. The maximum absolute atomic E-state index is 12.1. The van der Waals surface area contributed by atoms with E-state index in [1.165, 1.54) is 6.92 Å². The topological polar surface area (TPSA) is 72.5 Å². The molecule has 0 aromatic heterocycles. The predicted molar refractivity (Wildman–Crippen MR) is 95.4 cm³/mol. The number of esters is 1. The van der Waals surface area contributed by atoms with Crippen molar-refractivity contribution in [2.45, 2.75) is 32.8 Å². The fraction of sp³-hybridized carbons (Fsp3) is 0.250. The molecule has 0 aliphatic carbocycles. The largest absolute Gasteiger partial charge is 0.453 e. The van der Waals surface area contributed by atoms with Crippen LogP contribution in [-0.4, -0.2) is 23.8 Å². The summed E-state index contributed by atoms with van der Waals surface area (Å²) in [4.78, 5) is 35.9. The van der Waals surface area contributed by atoms with Crippen LogP contribution in [0.15, 0.2) is 54.6 Å². The van der Waals surface area contributed by atoms with Crippen molar-refractivity contribution in [3.8, 4) is 0 Å². The molecule has 0 aliphatic heterocycles. The van der Waals surface area contributed by atoms with Crippen molar-refractivity contribution in [3.05, 3.63) is 65.7 Å². The van der Waals surface area contributed by atoms with E-state index in [1.807, 2.05) is 31.2 Å². The molecule has 130 valence electrons. The van der Waals surface area contributed by atoms with Gasteiger partial charge in [-0.25, -0.2) is 0 Å². The molecule has 0 saturated carbocycles. The maximum Gasteiger partial charge on any atom is 0.307 e. The molecule has 0 saturated heterocycles. The van der Waals surface area contributed by atoms with E-state index >= 15 is 0 Å². The first-order valence-electron chi connectivity index (χ1n) is 8.11. The zero-order valence-corrected chi connectivity index (χ0v) is 14.3. The van der Waals surface area contributed by atoms with Gasteiger partial charge in [-0.05, 0) is 25.5 Å². The third-order valence-electron chi connectivity index (χ3n) is 3.73. The summed E-state index contributed by atoms with van der Waals surface area (Å²) in [7, 11) is 0. The standard InChI is InChI=1S/C20H21NO4/c1-14-8-6-7-11-17(14)21-20(24)15(2)25-19(23)13-12-18(22)16-9-4-3-5-10-16/h3-11,15H,12-13H2,1-2H3,(H,21,24)/t15-/m0/s1. The number of hydrogen-bond donors (Lipinski definition) is 1. The molecule has 1 amide bonds. The number of Topliss-reactive ketones (excluding diaryl/α,β-unsaturated/α-hetero) is 1. The van der Waals surface area contributed by atoms with E-state index in [2.05, 4.69) is 5.32 Å². The van der Waals surface area contributed by atoms with Crippen LogP contribution in [0.4, 0.5) is 5.69 Å². The van der Waals surface area contributed by atoms with Crippen molar-refractivity contribution in [2.75, 3.05) is 5.32 Å². The van der Waals surface area contributed by atoms with Gasteiger partial charge in [0, 0.05) is 17.7 Å². The molecule has 0 unspecified atom stereocenters. The second kappa shape index (κ2) is 8.78. The fourth-order valence-corrected chi connectivity index (χ4v) is 2.24. The summed E-state index contributed by atoms with van der Waals surface area (Å²) in [5.74, 6) is -1.11. The van der Waals surface area contributed by atoms with Crippen molar-refractivity contribution in [3.63, 3.8) is 0 Å². The lowest BCUT2D eigenvalue weighted by atomic mass is 10.1. The van der Waals surface area contributed by atoms with Gasteiger partial charge in [-0.1, -0.05) is 48.5 Å². The van der Waals surface area contributed by atoms with Gasteiger partial charge in [-0.2, -0.15) is 0 Å². The van der Waals surface area contributed by atoms with Crippen LogP contribution in [0.25, 0.3) is 0 Å². The van der Waals surface area contributed by atoms with Crippen LogP contribution in [-0.2, 0) is 14.3 Å². The molecule has 25 heavy (non-hydrogen) atoms. The van der Waals surface area contributed by atoms with E-state index in [9.17, 15) is 14.4 Å². The molecule has 5 heteroatoms. The van der Waals surface area contributed by atoms with Crippen LogP contribution in [0.1, 0.15) is 35.7 Å². The number of rotatable bonds is 7. The number of nitrogens with one attached hydrogen (secondary N) is 1. The van der Waals surface area contributed by atoms with Crippen LogP contribution in [0.3, 0.4) is 0 Å². The van der Waals surface area contributed by atoms with Gasteiger partial charge in [-0.15, -0.1) is 0 Å². The molecule has 0 bridgehead atoms. The molecule has 2 rings (SSSR count). The molecule has 0 radical (unpaired) electrons. The third kappa shape index (κ3) is 5.57. The molecule has 0 fully saturated rings. The zero-order valence-electron chi connectivity index (χ0n) is 14.3. The van der Waals surface area contributed by atoms with Crippen molar-refractivity contribution in [1.29, 1.82) is 0 Å². The molecular formula is C20H21NO4. The normalized spacial score (nSPS) is 11.4. The van der Waals surface area contributed by atoms with Crippen molar-refractivity contribution < 1.29 is 19.1 Å². The van der Waals surface area contributed by atoms with Gasteiger partial charge in [0.2, 0.25) is 0 Å². The quantitative estimate of drug-likeness (QED) is 0.619. The maximum atomic E-state index is 12.1. The van der Waals surface area contributed by atoms with Crippen molar-refractivity contribution in [2.24, 2.45) is 0 Å². The van der Waals surface area contributed by atoms with Gasteiger partial charge in [0.25, 0.3) is 5.91 Å². The minimum Gasteiger partial charge on any atom is -0.453 e. The van der Waals surface area contributed by atoms with Gasteiger partial charge in [0.1, 0.15) is 0 Å². The Bertz CT molecular complexity index is 755.